The van der Waals surface area contributed by atoms with Crippen LogP contribution in [0.1, 0.15) is 26.7 Å². The molecule has 0 aromatic carbocycles. The highest BCUT2D eigenvalue weighted by molar-refractivity contribution is 5.71. The van der Waals surface area contributed by atoms with Crippen molar-refractivity contribution in [2.75, 3.05) is 0 Å². The van der Waals surface area contributed by atoms with E-state index in [-0.39, 0.29) is 12.8 Å². The molecule has 0 aliphatic rings. The van der Waals surface area contributed by atoms with Crippen molar-refractivity contribution in [1.29, 1.82) is 0 Å². The largest absolute Gasteiger partial charge is 0.479 e. The van der Waals surface area contributed by atoms with Crippen LogP contribution in [0.5, 0.6) is 0 Å². The molecule has 0 aliphatic heterocycles. The van der Waals surface area contributed by atoms with E-state index in [1.807, 2.05) is 0 Å². The lowest BCUT2D eigenvalue weighted by atomic mass is 10.3. The molecule has 0 aromatic rings. The van der Waals surface area contributed by atoms with E-state index >= 15 is 0 Å². The fourth-order valence-corrected chi connectivity index (χ4v) is 0.349. The van der Waals surface area contributed by atoms with E-state index in [0.717, 1.165) is 0 Å². The van der Waals surface area contributed by atoms with Crippen LogP contribution in [0.25, 0.3) is 0 Å². The second kappa shape index (κ2) is 8.46. The number of aliphatic hydroxyl groups excluding tert-OH is 2. The number of rotatable bonds is 4. The summed E-state index contributed by atoms with van der Waals surface area (Å²) in [5, 5.41) is 32.5. The van der Waals surface area contributed by atoms with Crippen molar-refractivity contribution in [2.45, 2.75) is 38.9 Å². The number of carbonyl (C=O) groups is 2. The predicted molar refractivity (Wildman–Crippen MR) is 47.9 cm³/mol. The van der Waals surface area contributed by atoms with Gasteiger partial charge in [0, 0.05) is 0 Å². The molecule has 0 radical (unpaired) electrons. The number of aliphatic hydroxyl groups is 2. The number of carboxylic acid groups (broad SMARTS) is 2. The van der Waals surface area contributed by atoms with Crippen molar-refractivity contribution in [1.82, 2.24) is 0 Å². The SMILES string of the molecule is CC[C@H](O)C(=O)O.CC[C@H](O)C(=O)O. The second-order valence-electron chi connectivity index (χ2n) is 2.52. The quantitative estimate of drug-likeness (QED) is 0.503. The van der Waals surface area contributed by atoms with Gasteiger partial charge in [0.1, 0.15) is 0 Å². The summed E-state index contributed by atoms with van der Waals surface area (Å²) in [5.41, 5.74) is 0. The molecule has 0 aliphatic carbocycles. The normalized spacial score (nSPS) is 13.4. The third-order valence-electron chi connectivity index (χ3n) is 1.34. The average molecular weight is 208 g/mol. The second-order valence-corrected chi connectivity index (χ2v) is 2.52. The monoisotopic (exact) mass is 208 g/mol. The van der Waals surface area contributed by atoms with Crippen molar-refractivity contribution in [3.63, 3.8) is 0 Å². The first-order chi connectivity index (χ1) is 6.36. The first-order valence-corrected chi connectivity index (χ1v) is 4.18. The Kier molecular flexibility index (Phi) is 9.27. The van der Waals surface area contributed by atoms with E-state index in [1.165, 1.54) is 0 Å². The summed E-state index contributed by atoms with van der Waals surface area (Å²) in [6, 6.07) is 0. The number of hydrogen-bond acceptors (Lipinski definition) is 4. The van der Waals surface area contributed by atoms with E-state index in [0.29, 0.717) is 0 Å². The van der Waals surface area contributed by atoms with Crippen LogP contribution >= 0.6 is 0 Å². The van der Waals surface area contributed by atoms with Crippen molar-refractivity contribution < 1.29 is 30.0 Å². The first kappa shape index (κ1) is 15.3. The van der Waals surface area contributed by atoms with E-state index in [2.05, 4.69) is 0 Å². The van der Waals surface area contributed by atoms with E-state index in [4.69, 9.17) is 20.4 Å². The molecule has 14 heavy (non-hydrogen) atoms. The van der Waals surface area contributed by atoms with Crippen molar-refractivity contribution in [3.8, 4) is 0 Å². The summed E-state index contributed by atoms with van der Waals surface area (Å²) in [6.07, 6.45) is -1.81. The molecular formula is C8H16O6. The minimum Gasteiger partial charge on any atom is -0.479 e. The molecule has 84 valence electrons. The molecule has 0 saturated carbocycles. The van der Waals surface area contributed by atoms with Crippen LogP contribution in [-0.2, 0) is 9.59 Å². The van der Waals surface area contributed by atoms with Crippen molar-refractivity contribution in [3.05, 3.63) is 0 Å². The molecule has 0 rings (SSSR count). The lowest BCUT2D eigenvalue weighted by molar-refractivity contribution is -0.147. The molecular weight excluding hydrogens is 192 g/mol. The van der Waals surface area contributed by atoms with Gasteiger partial charge in [-0.3, -0.25) is 0 Å². The Morgan fingerprint density at radius 3 is 1.14 bits per heavy atom. The van der Waals surface area contributed by atoms with Crippen LogP contribution in [0.2, 0.25) is 0 Å². The maximum atomic E-state index is 9.68. The van der Waals surface area contributed by atoms with Gasteiger partial charge in [0.15, 0.2) is 12.2 Å². The Morgan fingerprint density at radius 1 is 0.929 bits per heavy atom. The van der Waals surface area contributed by atoms with Gasteiger partial charge in [-0.25, -0.2) is 9.59 Å². The lowest BCUT2D eigenvalue weighted by Crippen LogP contribution is -2.17. The Morgan fingerprint density at radius 2 is 1.14 bits per heavy atom. The number of aliphatic carboxylic acids is 2. The van der Waals surface area contributed by atoms with E-state index in [1.54, 1.807) is 13.8 Å². The third kappa shape index (κ3) is 8.95. The Hall–Kier alpha value is -1.14. The molecule has 0 unspecified atom stereocenters. The van der Waals surface area contributed by atoms with Crippen LogP contribution in [0, 0.1) is 0 Å². The van der Waals surface area contributed by atoms with Gasteiger partial charge in [-0.1, -0.05) is 13.8 Å². The van der Waals surface area contributed by atoms with Crippen molar-refractivity contribution in [2.24, 2.45) is 0 Å². The molecule has 6 nitrogen and oxygen atoms in total. The van der Waals surface area contributed by atoms with Gasteiger partial charge in [0.2, 0.25) is 0 Å². The average Bonchev–Trinajstić information content (AvgIpc) is 2.15. The van der Waals surface area contributed by atoms with Gasteiger partial charge in [-0.15, -0.1) is 0 Å². The Labute approximate surface area is 81.8 Å². The smallest absolute Gasteiger partial charge is 0.332 e. The zero-order valence-electron chi connectivity index (χ0n) is 8.17. The molecule has 0 bridgehead atoms. The molecule has 0 saturated heterocycles. The molecule has 0 fully saturated rings. The van der Waals surface area contributed by atoms with Gasteiger partial charge < -0.3 is 20.4 Å². The topological polar surface area (TPSA) is 115 Å². The molecule has 2 atom stereocenters. The summed E-state index contributed by atoms with van der Waals surface area (Å²) in [5.74, 6) is -2.30. The van der Waals surface area contributed by atoms with Gasteiger partial charge in [0.05, 0.1) is 0 Å². The highest BCUT2D eigenvalue weighted by Gasteiger charge is 2.07. The molecule has 6 heteroatoms. The van der Waals surface area contributed by atoms with Gasteiger partial charge in [0.25, 0.3) is 0 Å². The zero-order valence-corrected chi connectivity index (χ0v) is 8.17. The van der Waals surface area contributed by atoms with E-state index < -0.39 is 24.1 Å². The maximum absolute atomic E-state index is 9.68. The predicted octanol–water partition coefficient (Wildman–Crippen LogP) is -0.316. The zero-order chi connectivity index (χ0) is 11.7. The van der Waals surface area contributed by atoms with Crippen LogP contribution in [0.3, 0.4) is 0 Å². The van der Waals surface area contributed by atoms with Crippen molar-refractivity contribution >= 4 is 11.9 Å². The van der Waals surface area contributed by atoms with Crippen LogP contribution < -0.4 is 0 Å². The summed E-state index contributed by atoms with van der Waals surface area (Å²) in [7, 11) is 0. The highest BCUT2D eigenvalue weighted by Crippen LogP contribution is 1.86. The van der Waals surface area contributed by atoms with Gasteiger partial charge in [-0.05, 0) is 12.8 Å². The summed E-state index contributed by atoms with van der Waals surface area (Å²) >= 11 is 0. The molecule has 0 heterocycles. The Balaban J connectivity index is 0. The fraction of sp³-hybridized carbons (Fsp3) is 0.750. The van der Waals surface area contributed by atoms with E-state index in [9.17, 15) is 9.59 Å². The third-order valence-corrected chi connectivity index (χ3v) is 1.34. The lowest BCUT2D eigenvalue weighted by Gasteiger charge is -1.95. The molecule has 0 spiro atoms. The standard InChI is InChI=1S/2C4H8O3/c2*1-2-3(5)4(6)7/h2*3,5H,2H2,1H3,(H,6,7)/t2*3-/m00/s1. The minimum atomic E-state index is -1.18. The molecule has 0 amide bonds. The maximum Gasteiger partial charge on any atom is 0.332 e. The molecule has 0 aromatic heterocycles. The van der Waals surface area contributed by atoms with Crippen LogP contribution in [0.15, 0.2) is 0 Å². The Bertz CT molecular complexity index is 159. The number of hydrogen-bond donors (Lipinski definition) is 4. The first-order valence-electron chi connectivity index (χ1n) is 4.18. The van der Waals surface area contributed by atoms with Crippen LogP contribution in [-0.4, -0.2) is 44.6 Å². The molecule has 4 N–H and O–H groups in total. The summed E-state index contributed by atoms with van der Waals surface area (Å²) in [6.45, 7) is 3.22. The minimum absolute atomic E-state index is 0.273. The van der Waals surface area contributed by atoms with Crippen LogP contribution in [0.4, 0.5) is 0 Å². The van der Waals surface area contributed by atoms with Gasteiger partial charge >= 0.3 is 11.9 Å². The summed E-state index contributed by atoms with van der Waals surface area (Å²) < 4.78 is 0. The number of carboxylic acids is 2. The highest BCUT2D eigenvalue weighted by atomic mass is 16.4. The van der Waals surface area contributed by atoms with Gasteiger partial charge in [-0.2, -0.15) is 0 Å². The summed E-state index contributed by atoms with van der Waals surface area (Å²) in [4.78, 5) is 19.4. The fourth-order valence-electron chi connectivity index (χ4n) is 0.349.